The molecule has 0 spiro atoms. The smallest absolute Gasteiger partial charge is 0.252 e. The molecule has 142 valence electrons. The van der Waals surface area contributed by atoms with Gasteiger partial charge in [0.05, 0.1) is 11.9 Å². The molecule has 6 heteroatoms. The zero-order chi connectivity index (χ0) is 20.0. The predicted octanol–water partition coefficient (Wildman–Crippen LogP) is 4.47. The van der Waals surface area contributed by atoms with Gasteiger partial charge in [-0.25, -0.2) is 5.43 Å². The van der Waals surface area contributed by atoms with Gasteiger partial charge < -0.3 is 5.32 Å². The fourth-order valence-electron chi connectivity index (χ4n) is 2.26. The van der Waals surface area contributed by atoms with Gasteiger partial charge in [-0.3, -0.25) is 9.59 Å². The van der Waals surface area contributed by atoms with Crippen LogP contribution in [0.3, 0.4) is 0 Å². The van der Waals surface area contributed by atoms with Crippen LogP contribution in [0.25, 0.3) is 0 Å². The van der Waals surface area contributed by atoms with Gasteiger partial charge in [0.2, 0.25) is 5.91 Å². The van der Waals surface area contributed by atoms with Crippen LogP contribution in [0.1, 0.15) is 38.8 Å². The number of carbonyl (C=O) groups is 2. The number of hydrogen-bond acceptors (Lipinski definition) is 3. The van der Waals surface area contributed by atoms with Crippen LogP contribution in [0.4, 0.5) is 5.69 Å². The van der Waals surface area contributed by atoms with E-state index >= 15 is 0 Å². The van der Waals surface area contributed by atoms with Crippen LogP contribution in [-0.4, -0.2) is 18.0 Å². The van der Waals surface area contributed by atoms with Crippen LogP contribution < -0.4 is 10.7 Å². The van der Waals surface area contributed by atoms with Crippen molar-refractivity contribution in [2.24, 2.45) is 11.0 Å². The molecule has 2 rings (SSSR count). The van der Waals surface area contributed by atoms with Gasteiger partial charge in [0.15, 0.2) is 0 Å². The maximum atomic E-state index is 12.2. The van der Waals surface area contributed by atoms with Crippen LogP contribution in [0, 0.1) is 5.92 Å². The number of hydrogen-bond donors (Lipinski definition) is 2. The molecule has 0 aliphatic heterocycles. The Morgan fingerprint density at radius 3 is 2.26 bits per heavy atom. The third-order valence-corrected chi connectivity index (χ3v) is 4.77. The summed E-state index contributed by atoms with van der Waals surface area (Å²) < 4.78 is 0.752. The van der Waals surface area contributed by atoms with E-state index in [1.165, 1.54) is 12.5 Å². The normalized spacial score (nSPS) is 12.6. The summed E-state index contributed by atoms with van der Waals surface area (Å²) in [7, 11) is 0. The molecule has 0 radical (unpaired) electrons. The highest BCUT2D eigenvalue weighted by atomic mass is 79.9. The van der Waals surface area contributed by atoms with Crippen LogP contribution >= 0.6 is 15.9 Å². The van der Waals surface area contributed by atoms with Gasteiger partial charge in [-0.05, 0) is 51.5 Å². The maximum Gasteiger partial charge on any atom is 0.252 e. The predicted molar refractivity (Wildman–Crippen MR) is 113 cm³/mol. The van der Waals surface area contributed by atoms with Crippen molar-refractivity contribution in [1.82, 2.24) is 5.43 Å². The van der Waals surface area contributed by atoms with Gasteiger partial charge >= 0.3 is 0 Å². The zero-order valence-corrected chi connectivity index (χ0v) is 17.5. The Morgan fingerprint density at radius 2 is 1.67 bits per heavy atom. The first-order chi connectivity index (χ1) is 12.7. The number of amides is 2. The second kappa shape index (κ2) is 8.95. The van der Waals surface area contributed by atoms with Crippen molar-refractivity contribution in [1.29, 1.82) is 0 Å². The summed E-state index contributed by atoms with van der Waals surface area (Å²) in [6.07, 6.45) is 1.56. The zero-order valence-electron chi connectivity index (χ0n) is 15.9. The van der Waals surface area contributed by atoms with E-state index in [-0.39, 0.29) is 5.41 Å². The molecule has 2 aromatic carbocycles. The highest BCUT2D eigenvalue weighted by molar-refractivity contribution is 9.10. The van der Waals surface area contributed by atoms with Gasteiger partial charge in [-0.15, -0.1) is 0 Å². The van der Waals surface area contributed by atoms with Gasteiger partial charge in [0.25, 0.3) is 5.91 Å². The summed E-state index contributed by atoms with van der Waals surface area (Å²) >= 11 is 3.36. The van der Waals surface area contributed by atoms with E-state index in [9.17, 15) is 9.59 Å². The highest BCUT2D eigenvalue weighted by Crippen LogP contribution is 2.22. The Kier molecular flexibility index (Phi) is 6.91. The monoisotopic (exact) mass is 429 g/mol. The molecular formula is C21H24BrN3O2. The van der Waals surface area contributed by atoms with Crippen LogP contribution in [0.2, 0.25) is 0 Å². The molecule has 27 heavy (non-hydrogen) atoms. The summed E-state index contributed by atoms with van der Waals surface area (Å²) in [5.41, 5.74) is 5.21. The van der Waals surface area contributed by atoms with Gasteiger partial charge in [-0.2, -0.15) is 5.10 Å². The molecule has 0 aliphatic rings. The topological polar surface area (TPSA) is 70.6 Å². The first kappa shape index (κ1) is 20.8. The molecule has 2 amide bonds. The standard InChI is InChI=1S/C21H24BrN3O2/c1-14(19(26)24-18-8-6-5-7-17(18)22)20(27)25-23-13-15-9-11-16(12-10-15)21(2,3)4/h5-14H,1-4H3,(H,24,26)(H,25,27). The number of hydrazone groups is 1. The minimum atomic E-state index is -0.877. The second-order valence-corrected chi connectivity index (χ2v) is 8.15. The molecule has 0 aromatic heterocycles. The first-order valence-electron chi connectivity index (χ1n) is 8.67. The van der Waals surface area contributed by atoms with Crippen LogP contribution in [0.5, 0.6) is 0 Å². The molecule has 0 saturated carbocycles. The lowest BCUT2D eigenvalue weighted by atomic mass is 9.87. The van der Waals surface area contributed by atoms with Crippen molar-refractivity contribution >= 4 is 39.6 Å². The third kappa shape index (κ3) is 6.03. The van der Waals surface area contributed by atoms with Crippen molar-refractivity contribution < 1.29 is 9.59 Å². The van der Waals surface area contributed by atoms with E-state index in [1.54, 1.807) is 18.3 Å². The number of benzene rings is 2. The number of carbonyl (C=O) groups excluding carboxylic acids is 2. The SMILES string of the molecule is CC(C(=O)NN=Cc1ccc(C(C)(C)C)cc1)C(=O)Nc1ccccc1Br. The van der Waals surface area contributed by atoms with E-state index in [0.29, 0.717) is 5.69 Å². The fourth-order valence-corrected chi connectivity index (χ4v) is 2.64. The lowest BCUT2D eigenvalue weighted by Gasteiger charge is -2.18. The quantitative estimate of drug-likeness (QED) is 0.418. The van der Waals surface area contributed by atoms with E-state index in [0.717, 1.165) is 10.0 Å². The van der Waals surface area contributed by atoms with Crippen molar-refractivity contribution in [3.8, 4) is 0 Å². The molecule has 0 bridgehead atoms. The Balaban J connectivity index is 1.91. The number of nitrogens with one attached hydrogen (secondary N) is 2. The van der Waals surface area contributed by atoms with Crippen molar-refractivity contribution in [3.05, 3.63) is 64.1 Å². The molecular weight excluding hydrogens is 406 g/mol. The molecule has 1 atom stereocenters. The fraction of sp³-hybridized carbons (Fsp3) is 0.286. The van der Waals surface area contributed by atoms with Crippen molar-refractivity contribution in [2.75, 3.05) is 5.32 Å². The summed E-state index contributed by atoms with van der Waals surface area (Å²) in [5, 5.41) is 6.67. The Labute approximate surface area is 168 Å². The van der Waals surface area contributed by atoms with Crippen LogP contribution in [0.15, 0.2) is 58.1 Å². The second-order valence-electron chi connectivity index (χ2n) is 7.30. The first-order valence-corrected chi connectivity index (χ1v) is 9.46. The molecule has 0 heterocycles. The molecule has 2 aromatic rings. The summed E-state index contributed by atoms with van der Waals surface area (Å²) in [6.45, 7) is 7.99. The van der Waals surface area contributed by atoms with E-state index < -0.39 is 17.7 Å². The average Bonchev–Trinajstić information content (AvgIpc) is 2.62. The van der Waals surface area contributed by atoms with Gasteiger partial charge in [0.1, 0.15) is 5.92 Å². The lowest BCUT2D eigenvalue weighted by molar-refractivity contribution is -0.131. The summed E-state index contributed by atoms with van der Waals surface area (Å²) in [4.78, 5) is 24.4. The number of rotatable bonds is 5. The summed E-state index contributed by atoms with van der Waals surface area (Å²) in [5.74, 6) is -1.75. The number of halogens is 1. The minimum absolute atomic E-state index is 0.0838. The third-order valence-electron chi connectivity index (χ3n) is 4.08. The summed E-state index contributed by atoms with van der Waals surface area (Å²) in [6, 6.07) is 15.2. The molecule has 2 N–H and O–H groups in total. The number of nitrogens with zero attached hydrogens (tertiary/aromatic N) is 1. The largest absolute Gasteiger partial charge is 0.324 e. The Hall–Kier alpha value is -2.47. The molecule has 0 saturated heterocycles. The molecule has 1 unspecified atom stereocenters. The number of para-hydroxylation sites is 1. The van der Waals surface area contributed by atoms with Gasteiger partial charge in [-0.1, -0.05) is 57.2 Å². The van der Waals surface area contributed by atoms with Gasteiger partial charge in [0, 0.05) is 4.47 Å². The average molecular weight is 430 g/mol. The van der Waals surface area contributed by atoms with E-state index in [2.05, 4.69) is 52.5 Å². The van der Waals surface area contributed by atoms with Crippen molar-refractivity contribution in [3.63, 3.8) is 0 Å². The Bertz CT molecular complexity index is 839. The highest BCUT2D eigenvalue weighted by Gasteiger charge is 2.21. The maximum absolute atomic E-state index is 12.2. The molecule has 0 aliphatic carbocycles. The van der Waals surface area contributed by atoms with E-state index in [4.69, 9.17) is 0 Å². The van der Waals surface area contributed by atoms with E-state index in [1.807, 2.05) is 36.4 Å². The molecule has 5 nitrogen and oxygen atoms in total. The Morgan fingerprint density at radius 1 is 1.04 bits per heavy atom. The van der Waals surface area contributed by atoms with Crippen LogP contribution in [-0.2, 0) is 15.0 Å². The minimum Gasteiger partial charge on any atom is -0.324 e. The van der Waals surface area contributed by atoms with Crippen molar-refractivity contribution in [2.45, 2.75) is 33.1 Å². The lowest BCUT2D eigenvalue weighted by Crippen LogP contribution is -2.34. The number of anilines is 1. The molecule has 0 fully saturated rings.